The number of aromatic hydroxyl groups is 1. The van der Waals surface area contributed by atoms with Crippen LogP contribution in [0.15, 0.2) is 42.5 Å². The quantitative estimate of drug-likeness (QED) is 0.571. The van der Waals surface area contributed by atoms with E-state index in [4.69, 9.17) is 0 Å². The Balaban J connectivity index is 1.41. The standard InChI is InChI=1S/C22H28N4O3/c1-16-6-5-7-18(17(16)2)24-21(28)14-23-22(29)15-25-10-12-26(13-11-25)19-8-3-4-9-20(19)27/h3-9,27H,10-15H2,1-2H3,(H,23,29)(H,24,28)/p+1. The molecule has 0 spiro atoms. The number of carbonyl (C=O) groups is 2. The zero-order valence-electron chi connectivity index (χ0n) is 17.0. The Hall–Kier alpha value is -3.06. The maximum Gasteiger partial charge on any atom is 0.275 e. The molecule has 29 heavy (non-hydrogen) atoms. The zero-order valence-corrected chi connectivity index (χ0v) is 17.0. The highest BCUT2D eigenvalue weighted by molar-refractivity contribution is 5.95. The lowest BCUT2D eigenvalue weighted by Crippen LogP contribution is -3.16. The molecule has 1 saturated heterocycles. The molecule has 0 bridgehead atoms. The fourth-order valence-electron chi connectivity index (χ4n) is 3.52. The molecule has 1 fully saturated rings. The second kappa shape index (κ2) is 9.43. The summed E-state index contributed by atoms with van der Waals surface area (Å²) in [5.74, 6) is -0.0814. The minimum atomic E-state index is -0.230. The van der Waals surface area contributed by atoms with E-state index < -0.39 is 0 Å². The molecule has 0 aromatic heterocycles. The Kier molecular flexibility index (Phi) is 6.72. The maximum absolute atomic E-state index is 12.2. The molecule has 0 unspecified atom stereocenters. The number of phenols is 1. The molecule has 1 aliphatic rings. The van der Waals surface area contributed by atoms with Crippen molar-refractivity contribution in [3.8, 4) is 5.75 Å². The minimum absolute atomic E-state index is 0.0382. The Morgan fingerprint density at radius 3 is 2.48 bits per heavy atom. The third-order valence-corrected chi connectivity index (χ3v) is 5.43. The van der Waals surface area contributed by atoms with Crippen LogP contribution in [-0.2, 0) is 9.59 Å². The van der Waals surface area contributed by atoms with Gasteiger partial charge < -0.3 is 25.5 Å². The summed E-state index contributed by atoms with van der Waals surface area (Å²) in [6, 6.07) is 13.1. The molecule has 2 aromatic carbocycles. The summed E-state index contributed by atoms with van der Waals surface area (Å²) in [5, 5.41) is 15.5. The second-order valence-electron chi connectivity index (χ2n) is 7.47. The van der Waals surface area contributed by atoms with Gasteiger partial charge in [-0.15, -0.1) is 0 Å². The number of nitrogens with one attached hydrogen (secondary N) is 3. The van der Waals surface area contributed by atoms with Gasteiger partial charge in [0, 0.05) is 5.69 Å². The summed E-state index contributed by atoms with van der Waals surface area (Å²) in [6.07, 6.45) is 0. The van der Waals surface area contributed by atoms with E-state index in [1.807, 2.05) is 44.2 Å². The molecule has 0 saturated carbocycles. The Labute approximate surface area is 171 Å². The number of phenolic OH excluding ortho intramolecular Hbond substituents is 1. The average Bonchev–Trinajstić information content (AvgIpc) is 2.71. The van der Waals surface area contributed by atoms with E-state index in [9.17, 15) is 14.7 Å². The van der Waals surface area contributed by atoms with E-state index >= 15 is 0 Å². The number of anilines is 2. The average molecular weight is 397 g/mol. The number of hydrogen-bond donors (Lipinski definition) is 4. The zero-order chi connectivity index (χ0) is 20.8. The van der Waals surface area contributed by atoms with Crippen LogP contribution in [0, 0.1) is 13.8 Å². The van der Waals surface area contributed by atoms with Gasteiger partial charge >= 0.3 is 0 Å². The van der Waals surface area contributed by atoms with E-state index in [2.05, 4.69) is 15.5 Å². The van der Waals surface area contributed by atoms with E-state index in [-0.39, 0.29) is 24.1 Å². The van der Waals surface area contributed by atoms with Crippen LogP contribution in [0.5, 0.6) is 5.75 Å². The van der Waals surface area contributed by atoms with Crippen LogP contribution in [0.1, 0.15) is 11.1 Å². The molecular weight excluding hydrogens is 368 g/mol. The highest BCUT2D eigenvalue weighted by Crippen LogP contribution is 2.25. The number of aryl methyl sites for hydroxylation is 1. The van der Waals surface area contributed by atoms with Crippen LogP contribution in [-0.4, -0.2) is 56.2 Å². The molecule has 4 N–H and O–H groups in total. The fourth-order valence-corrected chi connectivity index (χ4v) is 3.52. The van der Waals surface area contributed by atoms with Crippen molar-refractivity contribution in [2.75, 3.05) is 49.5 Å². The van der Waals surface area contributed by atoms with Gasteiger partial charge in [-0.3, -0.25) is 9.59 Å². The van der Waals surface area contributed by atoms with Gasteiger partial charge in [-0.2, -0.15) is 0 Å². The highest BCUT2D eigenvalue weighted by atomic mass is 16.3. The highest BCUT2D eigenvalue weighted by Gasteiger charge is 2.23. The molecule has 7 nitrogen and oxygen atoms in total. The van der Waals surface area contributed by atoms with Crippen LogP contribution in [0.2, 0.25) is 0 Å². The van der Waals surface area contributed by atoms with Crippen molar-refractivity contribution >= 4 is 23.2 Å². The van der Waals surface area contributed by atoms with Crippen molar-refractivity contribution in [1.82, 2.24) is 5.32 Å². The second-order valence-corrected chi connectivity index (χ2v) is 7.47. The van der Waals surface area contributed by atoms with Crippen molar-refractivity contribution in [3.05, 3.63) is 53.6 Å². The molecule has 2 amide bonds. The van der Waals surface area contributed by atoms with Gasteiger partial charge in [0.25, 0.3) is 5.91 Å². The van der Waals surface area contributed by atoms with Gasteiger partial charge in [0.2, 0.25) is 5.91 Å². The molecule has 0 radical (unpaired) electrons. The summed E-state index contributed by atoms with van der Waals surface area (Å²) >= 11 is 0. The minimum Gasteiger partial charge on any atom is -0.506 e. The monoisotopic (exact) mass is 397 g/mol. The molecule has 2 aromatic rings. The largest absolute Gasteiger partial charge is 0.506 e. The Morgan fingerprint density at radius 1 is 1.03 bits per heavy atom. The molecule has 0 atom stereocenters. The number of para-hydroxylation sites is 2. The number of carbonyl (C=O) groups excluding carboxylic acids is 2. The summed E-state index contributed by atoms with van der Waals surface area (Å²) in [5.41, 5.74) is 3.74. The predicted octanol–water partition coefficient (Wildman–Crippen LogP) is 0.469. The number of nitrogens with zero attached hydrogens (tertiary/aromatic N) is 1. The first-order valence-electron chi connectivity index (χ1n) is 9.93. The van der Waals surface area contributed by atoms with Gasteiger partial charge in [0.05, 0.1) is 38.4 Å². The van der Waals surface area contributed by atoms with E-state index in [1.54, 1.807) is 12.1 Å². The molecule has 3 rings (SSSR count). The lowest BCUT2D eigenvalue weighted by Gasteiger charge is -2.33. The smallest absolute Gasteiger partial charge is 0.275 e. The van der Waals surface area contributed by atoms with Gasteiger partial charge in [0.15, 0.2) is 6.54 Å². The summed E-state index contributed by atoms with van der Waals surface area (Å²) < 4.78 is 0. The van der Waals surface area contributed by atoms with Crippen molar-refractivity contribution < 1.29 is 19.6 Å². The van der Waals surface area contributed by atoms with Crippen LogP contribution in [0.3, 0.4) is 0 Å². The lowest BCUT2D eigenvalue weighted by atomic mass is 10.1. The summed E-state index contributed by atoms with van der Waals surface area (Å²) in [6.45, 7) is 7.40. The fraction of sp³-hybridized carbons (Fsp3) is 0.364. The van der Waals surface area contributed by atoms with Gasteiger partial charge in [-0.25, -0.2) is 0 Å². The molecule has 0 aliphatic carbocycles. The number of piperazine rings is 1. The molecule has 7 heteroatoms. The molecule has 154 valence electrons. The Morgan fingerprint density at radius 2 is 1.76 bits per heavy atom. The number of hydrogen-bond acceptors (Lipinski definition) is 4. The van der Waals surface area contributed by atoms with Crippen LogP contribution < -0.4 is 20.4 Å². The molecular formula is C22H29N4O3+. The maximum atomic E-state index is 12.2. The van der Waals surface area contributed by atoms with Crippen LogP contribution in [0.4, 0.5) is 11.4 Å². The third-order valence-electron chi connectivity index (χ3n) is 5.43. The predicted molar refractivity (Wildman–Crippen MR) is 113 cm³/mol. The summed E-state index contributed by atoms with van der Waals surface area (Å²) in [7, 11) is 0. The number of quaternary nitrogens is 1. The van der Waals surface area contributed by atoms with Crippen molar-refractivity contribution in [2.24, 2.45) is 0 Å². The first-order valence-corrected chi connectivity index (χ1v) is 9.93. The van der Waals surface area contributed by atoms with Gasteiger partial charge in [-0.05, 0) is 43.2 Å². The van der Waals surface area contributed by atoms with E-state index in [0.717, 1.165) is 48.7 Å². The normalized spacial score (nSPS) is 14.5. The SMILES string of the molecule is Cc1cccc(NC(=O)CNC(=O)C[NH+]2CCN(c3ccccc3O)CC2)c1C. The Bertz CT molecular complexity index is 876. The molecule has 1 heterocycles. The number of amides is 2. The topological polar surface area (TPSA) is 86.1 Å². The van der Waals surface area contributed by atoms with Gasteiger partial charge in [0.1, 0.15) is 5.75 Å². The van der Waals surface area contributed by atoms with Crippen molar-refractivity contribution in [2.45, 2.75) is 13.8 Å². The first kappa shape index (κ1) is 20.7. The van der Waals surface area contributed by atoms with E-state index in [0.29, 0.717) is 6.54 Å². The lowest BCUT2D eigenvalue weighted by molar-refractivity contribution is -0.892. The first-order chi connectivity index (χ1) is 13.9. The summed E-state index contributed by atoms with van der Waals surface area (Å²) in [4.78, 5) is 27.7. The molecule has 1 aliphatic heterocycles. The van der Waals surface area contributed by atoms with Crippen molar-refractivity contribution in [3.63, 3.8) is 0 Å². The van der Waals surface area contributed by atoms with Crippen LogP contribution >= 0.6 is 0 Å². The van der Waals surface area contributed by atoms with E-state index in [1.165, 1.54) is 4.90 Å². The third kappa shape index (κ3) is 5.48. The number of rotatable bonds is 6. The van der Waals surface area contributed by atoms with Gasteiger partial charge in [-0.1, -0.05) is 24.3 Å². The number of benzene rings is 2. The van der Waals surface area contributed by atoms with Crippen LogP contribution in [0.25, 0.3) is 0 Å². The van der Waals surface area contributed by atoms with Crippen molar-refractivity contribution in [1.29, 1.82) is 0 Å².